The molecule has 0 bridgehead atoms. The lowest BCUT2D eigenvalue weighted by molar-refractivity contribution is -0.139. The highest BCUT2D eigenvalue weighted by Crippen LogP contribution is 2.28. The fraction of sp³-hybridized carbons (Fsp3) is 0.143. The highest BCUT2D eigenvalue weighted by atomic mass is 32.1. The first kappa shape index (κ1) is 14.2. The fourth-order valence-corrected chi connectivity index (χ4v) is 2.47. The van der Waals surface area contributed by atoms with Gasteiger partial charge in [0.15, 0.2) is 0 Å². The molecule has 2 aromatic rings. The standard InChI is InChI=1S/C14H12FNO3S/c1-19-13(17)8-16-14(18)12-7-6-11(20-12)9-2-4-10(15)5-3-9/h2-7H,8H2,1H3,(H,16,18). The van der Waals surface area contributed by atoms with Gasteiger partial charge in [0.05, 0.1) is 12.0 Å². The van der Waals surface area contributed by atoms with Crippen LogP contribution in [0.4, 0.5) is 4.39 Å². The molecule has 0 saturated heterocycles. The molecule has 0 unspecified atom stereocenters. The molecule has 104 valence electrons. The molecular weight excluding hydrogens is 281 g/mol. The van der Waals surface area contributed by atoms with Gasteiger partial charge in [0.1, 0.15) is 12.4 Å². The number of rotatable bonds is 4. The molecule has 0 spiro atoms. The summed E-state index contributed by atoms with van der Waals surface area (Å²) in [5, 5.41) is 2.46. The Kier molecular flexibility index (Phi) is 4.47. The van der Waals surface area contributed by atoms with Gasteiger partial charge < -0.3 is 10.1 Å². The maximum atomic E-state index is 12.8. The lowest BCUT2D eigenvalue weighted by Crippen LogP contribution is -2.29. The minimum Gasteiger partial charge on any atom is -0.468 e. The summed E-state index contributed by atoms with van der Waals surface area (Å²) >= 11 is 1.27. The van der Waals surface area contributed by atoms with Gasteiger partial charge in [-0.25, -0.2) is 4.39 Å². The Hall–Kier alpha value is -2.21. The van der Waals surface area contributed by atoms with Crippen LogP contribution < -0.4 is 5.32 Å². The Morgan fingerprint density at radius 1 is 1.20 bits per heavy atom. The molecule has 0 fully saturated rings. The zero-order valence-corrected chi connectivity index (χ0v) is 11.5. The monoisotopic (exact) mass is 293 g/mol. The number of amides is 1. The molecule has 1 N–H and O–H groups in total. The third-order valence-corrected chi connectivity index (χ3v) is 3.71. The topological polar surface area (TPSA) is 55.4 Å². The van der Waals surface area contributed by atoms with Crippen molar-refractivity contribution in [2.75, 3.05) is 13.7 Å². The van der Waals surface area contributed by atoms with E-state index in [1.807, 2.05) is 0 Å². The summed E-state index contributed by atoms with van der Waals surface area (Å²) in [6.07, 6.45) is 0. The molecule has 0 aliphatic rings. The Bertz CT molecular complexity index is 622. The van der Waals surface area contributed by atoms with Gasteiger partial charge in [-0.3, -0.25) is 9.59 Å². The van der Waals surface area contributed by atoms with E-state index in [1.165, 1.54) is 30.6 Å². The van der Waals surface area contributed by atoms with E-state index in [4.69, 9.17) is 0 Å². The lowest BCUT2D eigenvalue weighted by atomic mass is 10.2. The summed E-state index contributed by atoms with van der Waals surface area (Å²) in [7, 11) is 1.26. The van der Waals surface area contributed by atoms with E-state index in [-0.39, 0.29) is 18.3 Å². The number of nitrogens with one attached hydrogen (secondary N) is 1. The summed E-state index contributed by atoms with van der Waals surface area (Å²) in [5.41, 5.74) is 0.836. The molecule has 2 rings (SSSR count). The average Bonchev–Trinajstić information content (AvgIpc) is 2.95. The molecule has 1 heterocycles. The SMILES string of the molecule is COC(=O)CNC(=O)c1ccc(-c2ccc(F)cc2)s1. The predicted molar refractivity (Wildman–Crippen MR) is 74.1 cm³/mol. The number of hydrogen-bond acceptors (Lipinski definition) is 4. The van der Waals surface area contributed by atoms with Gasteiger partial charge in [-0.2, -0.15) is 0 Å². The molecule has 0 aliphatic carbocycles. The smallest absolute Gasteiger partial charge is 0.325 e. The molecule has 0 saturated carbocycles. The molecule has 1 amide bonds. The van der Waals surface area contributed by atoms with Crippen molar-refractivity contribution in [2.45, 2.75) is 0 Å². The van der Waals surface area contributed by atoms with Gasteiger partial charge in [-0.15, -0.1) is 11.3 Å². The van der Waals surface area contributed by atoms with Crippen LogP contribution in [-0.4, -0.2) is 25.5 Å². The molecule has 1 aromatic heterocycles. The maximum Gasteiger partial charge on any atom is 0.325 e. The molecule has 0 aliphatic heterocycles. The van der Waals surface area contributed by atoms with Gasteiger partial charge in [0, 0.05) is 4.88 Å². The summed E-state index contributed by atoms with van der Waals surface area (Å²) in [6.45, 7) is -0.168. The van der Waals surface area contributed by atoms with Crippen molar-refractivity contribution in [1.82, 2.24) is 5.32 Å². The first-order chi connectivity index (χ1) is 9.60. The van der Waals surface area contributed by atoms with Crippen molar-refractivity contribution in [1.29, 1.82) is 0 Å². The van der Waals surface area contributed by atoms with E-state index >= 15 is 0 Å². The van der Waals surface area contributed by atoms with Crippen molar-refractivity contribution in [3.63, 3.8) is 0 Å². The fourth-order valence-electron chi connectivity index (χ4n) is 1.54. The highest BCUT2D eigenvalue weighted by molar-refractivity contribution is 7.17. The number of ether oxygens (including phenoxy) is 1. The number of carbonyl (C=O) groups excluding carboxylic acids is 2. The highest BCUT2D eigenvalue weighted by Gasteiger charge is 2.11. The second kappa shape index (κ2) is 6.29. The van der Waals surface area contributed by atoms with Crippen LogP contribution in [0.15, 0.2) is 36.4 Å². The summed E-state index contributed by atoms with van der Waals surface area (Å²) < 4.78 is 17.3. The van der Waals surface area contributed by atoms with Crippen LogP contribution in [0.2, 0.25) is 0 Å². The number of halogens is 1. The van der Waals surface area contributed by atoms with Crippen molar-refractivity contribution in [2.24, 2.45) is 0 Å². The van der Waals surface area contributed by atoms with E-state index in [0.717, 1.165) is 10.4 Å². The van der Waals surface area contributed by atoms with Crippen LogP contribution >= 0.6 is 11.3 Å². The van der Waals surface area contributed by atoms with Gasteiger partial charge >= 0.3 is 5.97 Å². The third-order valence-electron chi connectivity index (χ3n) is 2.58. The van der Waals surface area contributed by atoms with Crippen molar-refractivity contribution >= 4 is 23.2 Å². The quantitative estimate of drug-likeness (QED) is 0.881. The van der Waals surface area contributed by atoms with Crippen LogP contribution in [0.3, 0.4) is 0 Å². The first-order valence-electron chi connectivity index (χ1n) is 5.81. The van der Waals surface area contributed by atoms with E-state index in [1.54, 1.807) is 24.3 Å². The first-order valence-corrected chi connectivity index (χ1v) is 6.62. The number of hydrogen-bond donors (Lipinski definition) is 1. The van der Waals surface area contributed by atoms with Crippen molar-refractivity contribution in [3.05, 3.63) is 47.1 Å². The molecule has 0 radical (unpaired) electrons. The van der Waals surface area contributed by atoms with E-state index in [9.17, 15) is 14.0 Å². The predicted octanol–water partition coefficient (Wildman–Crippen LogP) is 2.46. The van der Waals surface area contributed by atoms with E-state index in [2.05, 4.69) is 10.1 Å². The average molecular weight is 293 g/mol. The van der Waals surface area contributed by atoms with Gasteiger partial charge in [-0.05, 0) is 29.8 Å². The Morgan fingerprint density at radius 2 is 1.90 bits per heavy atom. The number of carbonyl (C=O) groups is 2. The summed E-state index contributed by atoms with van der Waals surface area (Å²) in [5.74, 6) is -1.15. The molecular formula is C14H12FNO3S. The van der Waals surface area contributed by atoms with Gasteiger partial charge in [-0.1, -0.05) is 12.1 Å². The van der Waals surface area contributed by atoms with Crippen molar-refractivity contribution < 1.29 is 18.7 Å². The van der Waals surface area contributed by atoms with E-state index < -0.39 is 5.97 Å². The minimum absolute atomic E-state index is 0.168. The maximum absolute atomic E-state index is 12.8. The number of methoxy groups -OCH3 is 1. The van der Waals surface area contributed by atoms with Crippen LogP contribution in [0.1, 0.15) is 9.67 Å². The van der Waals surface area contributed by atoms with Gasteiger partial charge in [0.25, 0.3) is 5.91 Å². The summed E-state index contributed by atoms with van der Waals surface area (Å²) in [6, 6.07) is 9.48. The number of benzene rings is 1. The zero-order chi connectivity index (χ0) is 14.5. The Morgan fingerprint density at radius 3 is 2.55 bits per heavy atom. The van der Waals surface area contributed by atoms with Crippen LogP contribution in [0.25, 0.3) is 10.4 Å². The Labute approximate surface area is 119 Å². The second-order valence-corrected chi connectivity index (χ2v) is 5.01. The molecule has 6 heteroatoms. The minimum atomic E-state index is -0.506. The normalized spacial score (nSPS) is 10.1. The molecule has 20 heavy (non-hydrogen) atoms. The number of esters is 1. The van der Waals surface area contributed by atoms with E-state index in [0.29, 0.717) is 4.88 Å². The zero-order valence-electron chi connectivity index (χ0n) is 10.7. The second-order valence-electron chi connectivity index (χ2n) is 3.93. The largest absolute Gasteiger partial charge is 0.468 e. The number of thiophene rings is 1. The van der Waals surface area contributed by atoms with Crippen LogP contribution in [0, 0.1) is 5.82 Å². The lowest BCUT2D eigenvalue weighted by Gasteiger charge is -2.01. The van der Waals surface area contributed by atoms with Crippen molar-refractivity contribution in [3.8, 4) is 10.4 Å². The Balaban J connectivity index is 2.06. The van der Waals surface area contributed by atoms with Crippen LogP contribution in [-0.2, 0) is 9.53 Å². The summed E-state index contributed by atoms with van der Waals surface area (Å²) in [4.78, 5) is 24.1. The van der Waals surface area contributed by atoms with Crippen LogP contribution in [0.5, 0.6) is 0 Å². The third kappa shape index (κ3) is 3.42. The molecule has 0 atom stereocenters. The molecule has 1 aromatic carbocycles. The van der Waals surface area contributed by atoms with Gasteiger partial charge in [0.2, 0.25) is 0 Å². The molecule has 4 nitrogen and oxygen atoms in total.